The van der Waals surface area contributed by atoms with Gasteiger partial charge in [0.1, 0.15) is 0 Å². The summed E-state index contributed by atoms with van der Waals surface area (Å²) >= 11 is 1.69. The van der Waals surface area contributed by atoms with Crippen molar-refractivity contribution in [1.29, 1.82) is 0 Å². The van der Waals surface area contributed by atoms with Crippen LogP contribution in [-0.2, 0) is 4.74 Å². The Balaban J connectivity index is 2.02. The third-order valence-electron chi connectivity index (χ3n) is 3.22. The maximum Gasteiger partial charge on any atom is 0.340 e. The molecule has 3 aromatic rings. The standard InChI is InChI=1S/C16H14N2O2S/c1-20-16(19)12-3-2-4-13(17)15(12)18-11-5-6-14-10(9-11)7-8-21-14/h2-9,18H,17H2,1H3. The first-order chi connectivity index (χ1) is 10.2. The summed E-state index contributed by atoms with van der Waals surface area (Å²) in [7, 11) is 1.35. The fraction of sp³-hybridized carbons (Fsp3) is 0.0625. The first kappa shape index (κ1) is 13.5. The molecule has 0 spiro atoms. The van der Waals surface area contributed by atoms with Crippen LogP contribution in [0.3, 0.4) is 0 Å². The zero-order valence-corrected chi connectivity index (χ0v) is 12.2. The molecule has 2 aromatic carbocycles. The van der Waals surface area contributed by atoms with Crippen LogP contribution in [-0.4, -0.2) is 13.1 Å². The van der Waals surface area contributed by atoms with E-state index in [-0.39, 0.29) is 0 Å². The van der Waals surface area contributed by atoms with Gasteiger partial charge in [0.05, 0.1) is 24.0 Å². The van der Waals surface area contributed by atoms with Crippen molar-refractivity contribution in [2.45, 2.75) is 0 Å². The van der Waals surface area contributed by atoms with E-state index >= 15 is 0 Å². The summed E-state index contributed by atoms with van der Waals surface area (Å²) in [6.45, 7) is 0. The van der Waals surface area contributed by atoms with E-state index in [1.807, 2.05) is 23.6 Å². The van der Waals surface area contributed by atoms with Gasteiger partial charge in [-0.25, -0.2) is 4.79 Å². The van der Waals surface area contributed by atoms with Crippen LogP contribution < -0.4 is 11.1 Å². The van der Waals surface area contributed by atoms with Crippen molar-refractivity contribution in [2.75, 3.05) is 18.2 Å². The molecule has 0 radical (unpaired) electrons. The predicted molar refractivity (Wildman–Crippen MR) is 87.3 cm³/mol. The molecule has 21 heavy (non-hydrogen) atoms. The van der Waals surface area contributed by atoms with Crippen LogP contribution in [0.25, 0.3) is 10.1 Å². The second-order valence-electron chi connectivity index (χ2n) is 4.56. The Bertz CT molecular complexity index is 811. The molecule has 0 unspecified atom stereocenters. The number of nitrogens with one attached hydrogen (secondary N) is 1. The molecule has 0 aliphatic heterocycles. The first-order valence-electron chi connectivity index (χ1n) is 6.40. The highest BCUT2D eigenvalue weighted by Gasteiger charge is 2.14. The quantitative estimate of drug-likeness (QED) is 0.566. The second-order valence-corrected chi connectivity index (χ2v) is 5.51. The SMILES string of the molecule is COC(=O)c1cccc(N)c1Nc1ccc2sccc2c1. The summed E-state index contributed by atoms with van der Waals surface area (Å²) in [5.41, 5.74) is 8.36. The summed E-state index contributed by atoms with van der Waals surface area (Å²) < 4.78 is 6.01. The van der Waals surface area contributed by atoms with Gasteiger partial charge in [-0.1, -0.05) is 6.07 Å². The molecule has 3 N–H and O–H groups in total. The van der Waals surface area contributed by atoms with Crippen LogP contribution in [0.5, 0.6) is 0 Å². The Labute approximate surface area is 126 Å². The maximum absolute atomic E-state index is 11.8. The van der Waals surface area contributed by atoms with Crippen LogP contribution in [0, 0.1) is 0 Å². The molecule has 0 fully saturated rings. The molecule has 106 valence electrons. The van der Waals surface area contributed by atoms with Gasteiger partial charge < -0.3 is 15.8 Å². The number of nitrogens with two attached hydrogens (primary N) is 1. The molecular formula is C16H14N2O2S. The Hall–Kier alpha value is -2.53. The van der Waals surface area contributed by atoms with E-state index in [0.717, 1.165) is 11.1 Å². The summed E-state index contributed by atoms with van der Waals surface area (Å²) in [6, 6.07) is 13.3. The van der Waals surface area contributed by atoms with Gasteiger partial charge in [-0.05, 0) is 47.2 Å². The molecule has 5 heteroatoms. The summed E-state index contributed by atoms with van der Waals surface area (Å²) in [5.74, 6) is -0.415. The summed E-state index contributed by atoms with van der Waals surface area (Å²) in [4.78, 5) is 11.8. The van der Waals surface area contributed by atoms with Crippen molar-refractivity contribution >= 4 is 44.5 Å². The lowest BCUT2D eigenvalue weighted by Gasteiger charge is -2.13. The Morgan fingerprint density at radius 3 is 2.90 bits per heavy atom. The van der Waals surface area contributed by atoms with Crippen molar-refractivity contribution in [1.82, 2.24) is 0 Å². The highest BCUT2D eigenvalue weighted by atomic mass is 32.1. The van der Waals surface area contributed by atoms with E-state index in [1.54, 1.807) is 29.5 Å². The molecule has 4 nitrogen and oxygen atoms in total. The van der Waals surface area contributed by atoms with Crippen LogP contribution >= 0.6 is 11.3 Å². The van der Waals surface area contributed by atoms with Crippen molar-refractivity contribution in [3.05, 3.63) is 53.4 Å². The Morgan fingerprint density at radius 1 is 1.24 bits per heavy atom. The average molecular weight is 298 g/mol. The number of hydrogen-bond donors (Lipinski definition) is 2. The van der Waals surface area contributed by atoms with Gasteiger partial charge in [0, 0.05) is 10.4 Å². The van der Waals surface area contributed by atoms with E-state index in [2.05, 4.69) is 11.4 Å². The zero-order valence-electron chi connectivity index (χ0n) is 11.4. The number of thiophene rings is 1. The minimum absolute atomic E-state index is 0.415. The topological polar surface area (TPSA) is 64.3 Å². The average Bonchev–Trinajstić information content (AvgIpc) is 2.96. The van der Waals surface area contributed by atoms with Crippen LogP contribution in [0.2, 0.25) is 0 Å². The summed E-state index contributed by atoms with van der Waals surface area (Å²) in [6.07, 6.45) is 0. The minimum Gasteiger partial charge on any atom is -0.465 e. The number of ether oxygens (including phenoxy) is 1. The number of nitrogen functional groups attached to an aromatic ring is 1. The lowest BCUT2D eigenvalue weighted by atomic mass is 10.1. The number of methoxy groups -OCH3 is 1. The molecule has 1 aromatic heterocycles. The van der Waals surface area contributed by atoms with E-state index in [0.29, 0.717) is 16.9 Å². The van der Waals surface area contributed by atoms with Crippen molar-refractivity contribution in [3.63, 3.8) is 0 Å². The first-order valence-corrected chi connectivity index (χ1v) is 7.28. The number of carbonyl (C=O) groups is 1. The third kappa shape index (κ3) is 2.55. The molecule has 1 heterocycles. The molecule has 0 atom stereocenters. The van der Waals surface area contributed by atoms with Gasteiger partial charge in [-0.2, -0.15) is 0 Å². The molecule has 0 bridgehead atoms. The van der Waals surface area contributed by atoms with Gasteiger partial charge in [-0.3, -0.25) is 0 Å². The third-order valence-corrected chi connectivity index (χ3v) is 4.12. The minimum atomic E-state index is -0.415. The molecule has 0 amide bonds. The van der Waals surface area contributed by atoms with Crippen LogP contribution in [0.4, 0.5) is 17.1 Å². The monoisotopic (exact) mass is 298 g/mol. The van der Waals surface area contributed by atoms with E-state index < -0.39 is 5.97 Å². The van der Waals surface area contributed by atoms with Crippen molar-refractivity contribution < 1.29 is 9.53 Å². The van der Waals surface area contributed by atoms with Gasteiger partial charge in [0.15, 0.2) is 0 Å². The van der Waals surface area contributed by atoms with E-state index in [1.165, 1.54) is 11.8 Å². The molecule has 0 aliphatic carbocycles. The van der Waals surface area contributed by atoms with Crippen molar-refractivity contribution in [3.8, 4) is 0 Å². The predicted octanol–water partition coefficient (Wildman–Crippen LogP) is 4.01. The number of carbonyl (C=O) groups excluding carboxylic acids is 1. The summed E-state index contributed by atoms with van der Waals surface area (Å²) in [5, 5.41) is 6.42. The van der Waals surface area contributed by atoms with Crippen molar-refractivity contribution in [2.24, 2.45) is 0 Å². The number of hydrogen-bond acceptors (Lipinski definition) is 5. The number of esters is 1. The number of anilines is 3. The van der Waals surface area contributed by atoms with Gasteiger partial charge in [0.25, 0.3) is 0 Å². The Morgan fingerprint density at radius 2 is 2.10 bits per heavy atom. The number of fused-ring (bicyclic) bond motifs is 1. The maximum atomic E-state index is 11.8. The van der Waals surface area contributed by atoms with E-state index in [9.17, 15) is 4.79 Å². The lowest BCUT2D eigenvalue weighted by molar-refractivity contribution is 0.0602. The van der Waals surface area contributed by atoms with Crippen LogP contribution in [0.15, 0.2) is 47.8 Å². The van der Waals surface area contributed by atoms with Crippen LogP contribution in [0.1, 0.15) is 10.4 Å². The highest BCUT2D eigenvalue weighted by Crippen LogP contribution is 2.30. The lowest BCUT2D eigenvalue weighted by Crippen LogP contribution is -2.07. The number of para-hydroxylation sites is 1. The second kappa shape index (κ2) is 5.46. The van der Waals surface area contributed by atoms with Gasteiger partial charge in [0.2, 0.25) is 0 Å². The van der Waals surface area contributed by atoms with Gasteiger partial charge >= 0.3 is 5.97 Å². The molecule has 0 saturated carbocycles. The normalized spacial score (nSPS) is 10.5. The fourth-order valence-corrected chi connectivity index (χ4v) is 2.95. The van der Waals surface area contributed by atoms with Gasteiger partial charge in [-0.15, -0.1) is 11.3 Å². The largest absolute Gasteiger partial charge is 0.465 e. The zero-order chi connectivity index (χ0) is 14.8. The molecule has 3 rings (SSSR count). The Kier molecular flexibility index (Phi) is 3.50. The fourth-order valence-electron chi connectivity index (χ4n) is 2.18. The number of rotatable bonds is 3. The number of benzene rings is 2. The van der Waals surface area contributed by atoms with E-state index in [4.69, 9.17) is 10.5 Å². The molecule has 0 aliphatic rings. The highest BCUT2D eigenvalue weighted by molar-refractivity contribution is 7.17. The molecule has 0 saturated heterocycles. The molecular weight excluding hydrogens is 284 g/mol. The smallest absolute Gasteiger partial charge is 0.340 e.